The number of aromatic nitrogens is 1. The maximum absolute atomic E-state index is 15.5. The molecule has 1 amide bonds. The number of halogens is 5. The third kappa shape index (κ3) is 6.68. The van der Waals surface area contributed by atoms with Crippen LogP contribution in [0.15, 0.2) is 95.9 Å². The molecule has 2 N–H and O–H groups in total. The number of aliphatic carboxylic acids is 1. The van der Waals surface area contributed by atoms with Crippen LogP contribution in [0.25, 0.3) is 21.9 Å². The lowest BCUT2D eigenvalue weighted by molar-refractivity contribution is -0.139. The number of ether oxygens (including phenoxy) is 1. The Kier molecular flexibility index (Phi) is 9.43. The molecule has 1 aromatic heterocycles. The number of amides is 1. The number of anilines is 1. The van der Waals surface area contributed by atoms with Crippen molar-refractivity contribution in [2.45, 2.75) is 24.7 Å². The highest BCUT2D eigenvalue weighted by molar-refractivity contribution is 6.00. The molecule has 0 aliphatic carbocycles. The van der Waals surface area contributed by atoms with E-state index in [0.29, 0.717) is 24.1 Å². The summed E-state index contributed by atoms with van der Waals surface area (Å²) in [6, 6.07) is 18.9. The molecule has 4 aromatic carbocycles. The Morgan fingerprint density at radius 2 is 1.64 bits per heavy atom. The van der Waals surface area contributed by atoms with E-state index in [-0.39, 0.29) is 29.3 Å². The predicted octanol–water partition coefficient (Wildman–Crippen LogP) is 6.51. The molecule has 8 nitrogen and oxygen atoms in total. The Balaban J connectivity index is 1.30. The van der Waals surface area contributed by atoms with E-state index in [0.717, 1.165) is 34.5 Å². The molecule has 2 atom stereocenters. The molecule has 13 heteroatoms. The quantitative estimate of drug-likeness (QED) is 0.180. The van der Waals surface area contributed by atoms with Gasteiger partial charge >= 0.3 is 12.1 Å². The molecule has 50 heavy (non-hydrogen) atoms. The van der Waals surface area contributed by atoms with E-state index in [9.17, 15) is 32.7 Å². The number of benzene rings is 4. The number of hydrogen-bond donors (Lipinski definition) is 2. The third-order valence-electron chi connectivity index (χ3n) is 8.78. The number of hydrogen-bond acceptors (Lipinski definition) is 5. The largest absolute Gasteiger partial charge is 0.480 e. The van der Waals surface area contributed by atoms with Crippen molar-refractivity contribution < 1.29 is 41.4 Å². The predicted molar refractivity (Wildman–Crippen MR) is 176 cm³/mol. The highest BCUT2D eigenvalue weighted by atomic mass is 19.4. The summed E-state index contributed by atoms with van der Waals surface area (Å²) in [5.41, 5.74) is -2.23. The second-order valence-corrected chi connectivity index (χ2v) is 11.9. The highest BCUT2D eigenvalue weighted by Gasteiger charge is 2.36. The topological polar surface area (TPSA) is 101 Å². The van der Waals surface area contributed by atoms with Gasteiger partial charge in [0.1, 0.15) is 23.2 Å². The van der Waals surface area contributed by atoms with E-state index in [1.54, 1.807) is 11.0 Å². The van der Waals surface area contributed by atoms with Gasteiger partial charge in [0.2, 0.25) is 0 Å². The SMILES string of the molecule is Cn1ccc(C(F)(F)F)c(-c2cccc3c(C[C@H](NC(=O)c4c(F)cc(N5CCOC[C@H]5c5ccccc5)cc4F)C(=O)O)cccc23)c1=O. The summed E-state index contributed by atoms with van der Waals surface area (Å²) in [5.74, 6) is -5.21. The number of rotatable bonds is 8. The molecule has 0 unspecified atom stereocenters. The number of nitrogens with zero attached hydrogens (tertiary/aromatic N) is 2. The Morgan fingerprint density at radius 3 is 2.32 bits per heavy atom. The lowest BCUT2D eigenvalue weighted by Crippen LogP contribution is -2.43. The van der Waals surface area contributed by atoms with Crippen molar-refractivity contribution in [3.63, 3.8) is 0 Å². The first kappa shape index (κ1) is 34.3. The number of carboxylic acid groups (broad SMARTS) is 1. The van der Waals surface area contributed by atoms with E-state index in [2.05, 4.69) is 5.32 Å². The first-order valence-electron chi connectivity index (χ1n) is 15.5. The number of morpholine rings is 1. The monoisotopic (exact) mass is 691 g/mol. The van der Waals surface area contributed by atoms with Crippen LogP contribution in [0.1, 0.15) is 33.1 Å². The zero-order valence-corrected chi connectivity index (χ0v) is 26.5. The summed E-state index contributed by atoms with van der Waals surface area (Å²) in [6.07, 6.45) is -4.21. The standard InChI is InChI=1S/C37H30F5N3O5/c1-44-14-13-27(37(40,41)42)32(35(44)47)26-12-6-10-24-22(9-5-11-25(24)26)17-30(36(48)49)43-34(46)33-28(38)18-23(19-29(33)39)45-15-16-50-20-31(45)21-7-3-2-4-8-21/h2-14,18-19,30-31H,15-17,20H2,1H3,(H,43,46)(H,48,49)/t30-,31-/m0/s1. The van der Waals surface area contributed by atoms with Gasteiger partial charge in [-0.2, -0.15) is 13.2 Å². The van der Waals surface area contributed by atoms with Gasteiger partial charge in [-0.3, -0.25) is 9.59 Å². The number of nitrogens with one attached hydrogen (secondary N) is 1. The minimum Gasteiger partial charge on any atom is -0.480 e. The van der Waals surface area contributed by atoms with E-state index >= 15 is 8.78 Å². The number of alkyl halides is 3. The van der Waals surface area contributed by atoms with Gasteiger partial charge in [-0.05, 0) is 45.7 Å². The van der Waals surface area contributed by atoms with Gasteiger partial charge in [0.15, 0.2) is 0 Å². The molecular weight excluding hydrogens is 661 g/mol. The minimum absolute atomic E-state index is 0.0206. The van der Waals surface area contributed by atoms with Crippen LogP contribution in [0.4, 0.5) is 27.6 Å². The lowest BCUT2D eigenvalue weighted by Gasteiger charge is -2.37. The number of fused-ring (bicyclic) bond motifs is 1. The minimum atomic E-state index is -4.84. The number of aryl methyl sites for hydroxylation is 1. The van der Waals surface area contributed by atoms with Gasteiger partial charge in [0.25, 0.3) is 11.5 Å². The first-order chi connectivity index (χ1) is 23.8. The van der Waals surface area contributed by atoms with Crippen molar-refractivity contribution in [3.8, 4) is 11.1 Å². The molecule has 2 heterocycles. The molecule has 6 rings (SSSR count). The van der Waals surface area contributed by atoms with Crippen LogP contribution < -0.4 is 15.8 Å². The molecule has 1 fully saturated rings. The smallest absolute Gasteiger partial charge is 0.417 e. The second-order valence-electron chi connectivity index (χ2n) is 11.9. The van der Waals surface area contributed by atoms with Gasteiger partial charge in [0, 0.05) is 31.9 Å². The van der Waals surface area contributed by atoms with Gasteiger partial charge in [-0.1, -0.05) is 66.7 Å². The molecule has 0 spiro atoms. The van der Waals surface area contributed by atoms with Crippen molar-refractivity contribution in [2.24, 2.45) is 7.05 Å². The molecule has 1 aliphatic heterocycles. The summed E-state index contributed by atoms with van der Waals surface area (Å²) in [5, 5.41) is 12.8. The van der Waals surface area contributed by atoms with Gasteiger partial charge in [-0.15, -0.1) is 0 Å². The Hall–Kier alpha value is -5.56. The van der Waals surface area contributed by atoms with Gasteiger partial charge in [0.05, 0.1) is 30.4 Å². The fourth-order valence-corrected chi connectivity index (χ4v) is 6.35. The summed E-state index contributed by atoms with van der Waals surface area (Å²) in [6.45, 7) is 0.918. The zero-order chi connectivity index (χ0) is 35.7. The molecule has 1 aliphatic rings. The fraction of sp³-hybridized carbons (Fsp3) is 0.216. The highest BCUT2D eigenvalue weighted by Crippen LogP contribution is 2.38. The van der Waals surface area contributed by atoms with Crippen molar-refractivity contribution >= 4 is 28.3 Å². The van der Waals surface area contributed by atoms with E-state index < -0.39 is 64.4 Å². The lowest BCUT2D eigenvalue weighted by atomic mass is 9.91. The average molecular weight is 692 g/mol. The Labute approximate surface area is 282 Å². The molecule has 0 saturated carbocycles. The van der Waals surface area contributed by atoms with Gasteiger partial charge < -0.3 is 24.6 Å². The fourth-order valence-electron chi connectivity index (χ4n) is 6.35. The van der Waals surface area contributed by atoms with E-state index in [4.69, 9.17) is 4.74 Å². The van der Waals surface area contributed by atoms with Crippen LogP contribution in [0.5, 0.6) is 0 Å². The molecular formula is C37H30F5N3O5. The maximum atomic E-state index is 15.5. The maximum Gasteiger partial charge on any atom is 0.417 e. The Morgan fingerprint density at radius 1 is 0.960 bits per heavy atom. The summed E-state index contributed by atoms with van der Waals surface area (Å²) in [4.78, 5) is 40.4. The first-order valence-corrected chi connectivity index (χ1v) is 15.5. The molecule has 0 radical (unpaired) electrons. The normalized spacial score (nSPS) is 15.6. The average Bonchev–Trinajstić information content (AvgIpc) is 3.08. The van der Waals surface area contributed by atoms with Crippen LogP contribution in [-0.4, -0.2) is 47.4 Å². The summed E-state index contributed by atoms with van der Waals surface area (Å²) >= 11 is 0. The second kappa shape index (κ2) is 13.7. The van der Waals surface area contributed by atoms with E-state index in [1.165, 1.54) is 37.4 Å². The van der Waals surface area contributed by atoms with Crippen molar-refractivity contribution in [1.82, 2.24) is 9.88 Å². The van der Waals surface area contributed by atoms with Crippen molar-refractivity contribution in [2.75, 3.05) is 24.7 Å². The van der Waals surface area contributed by atoms with Crippen LogP contribution in [-0.2, 0) is 29.2 Å². The van der Waals surface area contributed by atoms with Gasteiger partial charge in [-0.25, -0.2) is 13.6 Å². The third-order valence-corrected chi connectivity index (χ3v) is 8.78. The van der Waals surface area contributed by atoms with Crippen LogP contribution >= 0.6 is 0 Å². The summed E-state index contributed by atoms with van der Waals surface area (Å²) in [7, 11) is 1.33. The van der Waals surface area contributed by atoms with Crippen LogP contribution in [0, 0.1) is 11.6 Å². The number of carboxylic acids is 1. The number of carbonyl (C=O) groups is 2. The number of pyridine rings is 1. The van der Waals surface area contributed by atoms with Crippen LogP contribution in [0.2, 0.25) is 0 Å². The zero-order valence-electron chi connectivity index (χ0n) is 26.5. The van der Waals surface area contributed by atoms with E-state index in [1.807, 2.05) is 30.3 Å². The molecule has 1 saturated heterocycles. The molecule has 0 bridgehead atoms. The van der Waals surface area contributed by atoms with Crippen molar-refractivity contribution in [1.29, 1.82) is 0 Å². The molecule has 258 valence electrons. The van der Waals surface area contributed by atoms with Crippen molar-refractivity contribution in [3.05, 3.63) is 135 Å². The van der Waals surface area contributed by atoms with Crippen LogP contribution in [0.3, 0.4) is 0 Å². The molecule has 5 aromatic rings. The Bertz CT molecular complexity index is 2130. The number of carbonyl (C=O) groups excluding carboxylic acids is 1. The summed E-state index contributed by atoms with van der Waals surface area (Å²) < 4.78 is 79.6.